The summed E-state index contributed by atoms with van der Waals surface area (Å²) < 4.78 is 1.98. The molecule has 3 aromatic heterocycles. The highest BCUT2D eigenvalue weighted by Gasteiger charge is 2.05. The Balaban J connectivity index is 1.78. The average Bonchev–Trinajstić information content (AvgIpc) is 2.89. The van der Waals surface area contributed by atoms with E-state index in [2.05, 4.69) is 15.2 Å². The summed E-state index contributed by atoms with van der Waals surface area (Å²) in [5, 5.41) is 9.20. The van der Waals surface area contributed by atoms with Crippen LogP contribution in [0.15, 0.2) is 47.9 Å². The summed E-state index contributed by atoms with van der Waals surface area (Å²) in [6, 6.07) is 9.88. The molecule has 5 nitrogen and oxygen atoms in total. The van der Waals surface area contributed by atoms with Crippen LogP contribution in [-0.2, 0) is 12.3 Å². The van der Waals surface area contributed by atoms with Crippen LogP contribution in [0, 0.1) is 0 Å². The van der Waals surface area contributed by atoms with E-state index in [-0.39, 0.29) is 0 Å². The highest BCUT2D eigenvalue weighted by Crippen LogP contribution is 2.21. The van der Waals surface area contributed by atoms with Gasteiger partial charge >= 0.3 is 0 Å². The monoisotopic (exact) mass is 271 g/mol. The molecule has 0 aliphatic rings. The number of pyridine rings is 2. The van der Waals surface area contributed by atoms with Crippen LogP contribution in [0.1, 0.15) is 11.3 Å². The molecule has 3 rings (SSSR count). The molecule has 0 spiro atoms. The van der Waals surface area contributed by atoms with Crippen LogP contribution in [0.4, 0.5) is 0 Å². The molecule has 0 amide bonds. The van der Waals surface area contributed by atoms with E-state index in [9.17, 15) is 0 Å². The predicted molar refractivity (Wildman–Crippen MR) is 74.7 cm³/mol. The first-order chi connectivity index (χ1) is 9.36. The highest BCUT2D eigenvalue weighted by molar-refractivity contribution is 7.98. The van der Waals surface area contributed by atoms with Crippen molar-refractivity contribution < 1.29 is 0 Å². The van der Waals surface area contributed by atoms with E-state index < -0.39 is 0 Å². The lowest BCUT2D eigenvalue weighted by atomic mass is 10.2. The topological polar surface area (TPSA) is 69.1 Å². The molecule has 0 aromatic carbocycles. The second-order valence-electron chi connectivity index (χ2n) is 4.06. The van der Waals surface area contributed by atoms with Crippen molar-refractivity contribution in [1.82, 2.24) is 19.6 Å². The standard InChI is InChI=1S/C13H13N5S/c14-8-11-7-10(4-5-15-11)9-19-13-17-16-12-3-1-2-6-18(12)13/h1-7H,8-9,14H2. The van der Waals surface area contributed by atoms with Gasteiger partial charge in [-0.2, -0.15) is 0 Å². The van der Waals surface area contributed by atoms with Crippen LogP contribution in [0.2, 0.25) is 0 Å². The summed E-state index contributed by atoms with van der Waals surface area (Å²) in [5.74, 6) is 0.825. The first-order valence-electron chi connectivity index (χ1n) is 5.93. The smallest absolute Gasteiger partial charge is 0.195 e. The maximum absolute atomic E-state index is 5.59. The van der Waals surface area contributed by atoms with Gasteiger partial charge in [-0.15, -0.1) is 10.2 Å². The van der Waals surface area contributed by atoms with Crippen LogP contribution < -0.4 is 5.73 Å². The summed E-state index contributed by atoms with van der Waals surface area (Å²) in [6.07, 6.45) is 3.76. The molecule has 0 aliphatic carbocycles. The van der Waals surface area contributed by atoms with E-state index in [1.807, 2.05) is 40.9 Å². The average molecular weight is 271 g/mol. The van der Waals surface area contributed by atoms with Gasteiger partial charge in [0.15, 0.2) is 10.8 Å². The molecular formula is C13H13N5S. The molecule has 0 saturated carbocycles. The Morgan fingerprint density at radius 1 is 1.21 bits per heavy atom. The van der Waals surface area contributed by atoms with Crippen molar-refractivity contribution in [3.8, 4) is 0 Å². The molecule has 0 unspecified atom stereocenters. The number of nitrogens with zero attached hydrogens (tertiary/aromatic N) is 4. The van der Waals surface area contributed by atoms with Crippen LogP contribution >= 0.6 is 11.8 Å². The first kappa shape index (κ1) is 12.1. The molecule has 0 saturated heterocycles. The molecular weight excluding hydrogens is 258 g/mol. The lowest BCUT2D eigenvalue weighted by molar-refractivity contribution is 0.920. The molecule has 0 atom stereocenters. The van der Waals surface area contributed by atoms with Gasteiger partial charge in [0.1, 0.15) is 0 Å². The quantitative estimate of drug-likeness (QED) is 0.734. The molecule has 3 heterocycles. The van der Waals surface area contributed by atoms with E-state index in [1.54, 1.807) is 18.0 Å². The summed E-state index contributed by atoms with van der Waals surface area (Å²) >= 11 is 1.65. The van der Waals surface area contributed by atoms with Crippen LogP contribution in [0.25, 0.3) is 5.65 Å². The second-order valence-corrected chi connectivity index (χ2v) is 5.00. The molecule has 0 radical (unpaired) electrons. The van der Waals surface area contributed by atoms with Gasteiger partial charge in [0.05, 0.1) is 5.69 Å². The van der Waals surface area contributed by atoms with Gasteiger partial charge in [-0.1, -0.05) is 17.8 Å². The zero-order valence-electron chi connectivity index (χ0n) is 10.2. The predicted octanol–water partition coefficient (Wildman–Crippen LogP) is 1.88. The number of nitrogens with two attached hydrogens (primary N) is 1. The van der Waals surface area contributed by atoms with E-state index in [4.69, 9.17) is 5.73 Å². The molecule has 2 N–H and O–H groups in total. The summed E-state index contributed by atoms with van der Waals surface area (Å²) in [5.41, 5.74) is 8.55. The minimum Gasteiger partial charge on any atom is -0.325 e. The van der Waals surface area contributed by atoms with Crippen LogP contribution in [0.3, 0.4) is 0 Å². The number of thioether (sulfide) groups is 1. The summed E-state index contributed by atoms with van der Waals surface area (Å²) in [4.78, 5) is 4.19. The Hall–Kier alpha value is -1.92. The van der Waals surface area contributed by atoms with Crippen molar-refractivity contribution in [3.05, 3.63) is 54.0 Å². The van der Waals surface area contributed by atoms with Crippen molar-refractivity contribution in [2.45, 2.75) is 17.5 Å². The first-order valence-corrected chi connectivity index (χ1v) is 6.92. The van der Waals surface area contributed by atoms with Gasteiger partial charge in [-0.3, -0.25) is 9.38 Å². The number of hydrogen-bond donors (Lipinski definition) is 1. The zero-order valence-corrected chi connectivity index (χ0v) is 11.0. The van der Waals surface area contributed by atoms with E-state index in [0.717, 1.165) is 22.3 Å². The fraction of sp³-hybridized carbons (Fsp3) is 0.154. The Morgan fingerprint density at radius 3 is 3.05 bits per heavy atom. The highest BCUT2D eigenvalue weighted by atomic mass is 32.2. The normalized spacial score (nSPS) is 11.0. The molecule has 96 valence electrons. The molecule has 6 heteroatoms. The van der Waals surface area contributed by atoms with Crippen molar-refractivity contribution in [3.63, 3.8) is 0 Å². The molecule has 0 fully saturated rings. The number of aromatic nitrogens is 4. The largest absolute Gasteiger partial charge is 0.325 e. The minimum absolute atomic E-state index is 0.465. The maximum atomic E-state index is 5.59. The van der Waals surface area contributed by atoms with Gasteiger partial charge in [0.2, 0.25) is 0 Å². The van der Waals surface area contributed by atoms with Gasteiger partial charge in [-0.25, -0.2) is 0 Å². The van der Waals surface area contributed by atoms with Gasteiger partial charge in [0, 0.05) is 24.7 Å². The van der Waals surface area contributed by atoms with Crippen molar-refractivity contribution in [2.75, 3.05) is 0 Å². The fourth-order valence-corrected chi connectivity index (χ4v) is 2.66. The fourth-order valence-electron chi connectivity index (χ4n) is 1.80. The zero-order chi connectivity index (χ0) is 13.1. The van der Waals surface area contributed by atoms with E-state index >= 15 is 0 Å². The second kappa shape index (κ2) is 5.38. The number of fused-ring (bicyclic) bond motifs is 1. The molecule has 3 aromatic rings. The minimum atomic E-state index is 0.465. The van der Waals surface area contributed by atoms with Crippen molar-refractivity contribution >= 4 is 17.4 Å². The third-order valence-corrected chi connectivity index (χ3v) is 3.75. The molecule has 19 heavy (non-hydrogen) atoms. The molecule has 0 aliphatic heterocycles. The number of rotatable bonds is 4. The van der Waals surface area contributed by atoms with Gasteiger partial charge < -0.3 is 5.73 Å². The lowest BCUT2D eigenvalue weighted by Gasteiger charge is -2.02. The summed E-state index contributed by atoms with van der Waals surface area (Å²) in [6.45, 7) is 0.465. The Labute approximate surface area is 114 Å². The van der Waals surface area contributed by atoms with Crippen molar-refractivity contribution in [1.29, 1.82) is 0 Å². The third-order valence-electron chi connectivity index (χ3n) is 2.74. The Morgan fingerprint density at radius 2 is 2.16 bits per heavy atom. The third kappa shape index (κ3) is 2.59. The van der Waals surface area contributed by atoms with E-state index in [1.165, 1.54) is 5.56 Å². The summed E-state index contributed by atoms with van der Waals surface area (Å²) in [7, 11) is 0. The van der Waals surface area contributed by atoms with Crippen LogP contribution in [0.5, 0.6) is 0 Å². The SMILES string of the molecule is NCc1cc(CSc2nnc3ccccn23)ccn1. The maximum Gasteiger partial charge on any atom is 0.195 e. The van der Waals surface area contributed by atoms with Gasteiger partial charge in [0.25, 0.3) is 0 Å². The lowest BCUT2D eigenvalue weighted by Crippen LogP contribution is -1.99. The van der Waals surface area contributed by atoms with Gasteiger partial charge in [-0.05, 0) is 29.8 Å². The Kier molecular flexibility index (Phi) is 3.43. The van der Waals surface area contributed by atoms with E-state index in [0.29, 0.717) is 6.54 Å². The number of hydrogen-bond acceptors (Lipinski definition) is 5. The van der Waals surface area contributed by atoms with Crippen molar-refractivity contribution in [2.24, 2.45) is 5.73 Å². The molecule has 0 bridgehead atoms. The Bertz CT molecular complexity index is 694. The van der Waals surface area contributed by atoms with Crippen LogP contribution in [-0.4, -0.2) is 19.6 Å².